The molecule has 0 aliphatic heterocycles. The molecule has 0 saturated carbocycles. The second kappa shape index (κ2) is 5.50. The van der Waals surface area contributed by atoms with Gasteiger partial charge in [-0.25, -0.2) is 4.79 Å². The van der Waals surface area contributed by atoms with Gasteiger partial charge < -0.3 is 4.74 Å². The molecule has 1 heterocycles. The number of aromatic nitrogens is 2. The number of carbonyl (C=O) groups excluding carboxylic acids is 1. The number of nitrogens with one attached hydrogen (secondary N) is 1. The Balaban J connectivity index is 2.41. The Morgan fingerprint density at radius 3 is 2.80 bits per heavy atom. The normalized spacial score (nSPS) is 10.1. The van der Waals surface area contributed by atoms with Crippen LogP contribution >= 0.6 is 11.6 Å². The number of carbonyl (C=O) groups is 1. The fourth-order valence-corrected chi connectivity index (χ4v) is 0.866. The number of hydrogen-bond donors (Lipinski definition) is 1. The van der Waals surface area contributed by atoms with Crippen LogP contribution in [0.2, 0.25) is 5.15 Å². The highest BCUT2D eigenvalue weighted by atomic mass is 35.5. The molecule has 0 radical (unpaired) electrons. The second-order valence-corrected chi connectivity index (χ2v) is 3.75. The lowest BCUT2D eigenvalue weighted by Crippen LogP contribution is -2.17. The number of hydrogen-bond acceptors (Lipinski definition) is 4. The third kappa shape index (κ3) is 4.60. The Bertz CT molecular complexity index is 327. The van der Waals surface area contributed by atoms with Gasteiger partial charge in [-0.05, 0) is 18.1 Å². The van der Waals surface area contributed by atoms with Crippen LogP contribution in [-0.2, 0) is 4.74 Å². The molecule has 0 bridgehead atoms. The Morgan fingerprint density at radius 1 is 1.53 bits per heavy atom. The Kier molecular flexibility index (Phi) is 4.30. The highest BCUT2D eigenvalue weighted by Crippen LogP contribution is 2.06. The standard InChI is InChI=1S/C9H12ClN3O2/c1-6(2)5-15-9(14)11-8-4-3-7(10)12-13-8/h3-4,6H,5H2,1-2H3,(H,11,13,14). The molecule has 0 saturated heterocycles. The highest BCUT2D eigenvalue weighted by molar-refractivity contribution is 6.29. The van der Waals surface area contributed by atoms with E-state index in [4.69, 9.17) is 16.3 Å². The largest absolute Gasteiger partial charge is 0.449 e. The van der Waals surface area contributed by atoms with E-state index in [0.29, 0.717) is 18.3 Å². The maximum absolute atomic E-state index is 11.2. The van der Waals surface area contributed by atoms with Crippen LogP contribution in [0.15, 0.2) is 12.1 Å². The first-order chi connectivity index (χ1) is 7.08. The minimum absolute atomic E-state index is 0.274. The van der Waals surface area contributed by atoms with Crippen molar-refractivity contribution in [2.75, 3.05) is 11.9 Å². The molecule has 82 valence electrons. The average Bonchev–Trinajstić information content (AvgIpc) is 2.19. The molecule has 0 atom stereocenters. The zero-order valence-electron chi connectivity index (χ0n) is 8.53. The first-order valence-corrected chi connectivity index (χ1v) is 4.88. The number of amides is 1. The molecule has 1 amide bonds. The lowest BCUT2D eigenvalue weighted by molar-refractivity contribution is 0.147. The van der Waals surface area contributed by atoms with Gasteiger partial charge in [-0.1, -0.05) is 25.4 Å². The van der Waals surface area contributed by atoms with Crippen LogP contribution in [-0.4, -0.2) is 22.9 Å². The van der Waals surface area contributed by atoms with Crippen LogP contribution in [0.4, 0.5) is 10.6 Å². The zero-order chi connectivity index (χ0) is 11.3. The summed E-state index contributed by atoms with van der Waals surface area (Å²) in [6.45, 7) is 4.28. The molecule has 1 aromatic heterocycles. The fraction of sp³-hybridized carbons (Fsp3) is 0.444. The van der Waals surface area contributed by atoms with Gasteiger partial charge in [-0.3, -0.25) is 5.32 Å². The van der Waals surface area contributed by atoms with Crippen molar-refractivity contribution < 1.29 is 9.53 Å². The van der Waals surface area contributed by atoms with Crippen molar-refractivity contribution in [1.82, 2.24) is 10.2 Å². The van der Waals surface area contributed by atoms with E-state index in [1.165, 1.54) is 6.07 Å². The van der Waals surface area contributed by atoms with E-state index in [0.717, 1.165) is 0 Å². The molecular formula is C9H12ClN3O2. The van der Waals surface area contributed by atoms with Crippen LogP contribution < -0.4 is 5.32 Å². The van der Waals surface area contributed by atoms with Crippen LogP contribution in [0.25, 0.3) is 0 Å². The molecule has 0 fully saturated rings. The lowest BCUT2D eigenvalue weighted by Gasteiger charge is -2.07. The van der Waals surface area contributed by atoms with Crippen LogP contribution in [0.5, 0.6) is 0 Å². The minimum Gasteiger partial charge on any atom is -0.449 e. The molecule has 1 rings (SSSR count). The molecule has 15 heavy (non-hydrogen) atoms. The van der Waals surface area contributed by atoms with Crippen molar-refractivity contribution in [2.24, 2.45) is 5.92 Å². The topological polar surface area (TPSA) is 64.1 Å². The first kappa shape index (κ1) is 11.7. The number of ether oxygens (including phenoxy) is 1. The van der Waals surface area contributed by atoms with Gasteiger partial charge in [0, 0.05) is 0 Å². The molecule has 5 nitrogen and oxygen atoms in total. The van der Waals surface area contributed by atoms with E-state index < -0.39 is 6.09 Å². The summed E-state index contributed by atoms with van der Waals surface area (Å²) < 4.78 is 4.89. The second-order valence-electron chi connectivity index (χ2n) is 3.36. The third-order valence-corrected chi connectivity index (χ3v) is 1.61. The monoisotopic (exact) mass is 229 g/mol. The first-order valence-electron chi connectivity index (χ1n) is 4.51. The smallest absolute Gasteiger partial charge is 0.412 e. The molecule has 0 spiro atoms. The van der Waals surface area contributed by atoms with Crippen molar-refractivity contribution in [2.45, 2.75) is 13.8 Å². The van der Waals surface area contributed by atoms with Crippen LogP contribution in [0.1, 0.15) is 13.8 Å². The molecule has 0 aromatic carbocycles. The number of rotatable bonds is 3. The summed E-state index contributed by atoms with van der Waals surface area (Å²) in [5, 5.41) is 9.93. The summed E-state index contributed by atoms with van der Waals surface area (Å²) in [5.74, 6) is 0.611. The SMILES string of the molecule is CC(C)COC(=O)Nc1ccc(Cl)nn1. The fourth-order valence-electron chi connectivity index (χ4n) is 0.766. The summed E-state index contributed by atoms with van der Waals surface area (Å²) in [6.07, 6.45) is -0.541. The van der Waals surface area contributed by atoms with Gasteiger partial charge in [0.1, 0.15) is 0 Å². The Morgan fingerprint density at radius 2 is 2.27 bits per heavy atom. The predicted molar refractivity (Wildman–Crippen MR) is 56.9 cm³/mol. The molecule has 6 heteroatoms. The van der Waals surface area contributed by atoms with E-state index >= 15 is 0 Å². The Hall–Kier alpha value is -1.36. The van der Waals surface area contributed by atoms with Crippen molar-refractivity contribution in [3.05, 3.63) is 17.3 Å². The van der Waals surface area contributed by atoms with Gasteiger partial charge >= 0.3 is 6.09 Å². The maximum atomic E-state index is 11.2. The maximum Gasteiger partial charge on any atom is 0.412 e. The van der Waals surface area contributed by atoms with Gasteiger partial charge in [0.25, 0.3) is 0 Å². The molecule has 0 unspecified atom stereocenters. The highest BCUT2D eigenvalue weighted by Gasteiger charge is 2.05. The van der Waals surface area contributed by atoms with Gasteiger partial charge in [0.15, 0.2) is 11.0 Å². The molecule has 0 aliphatic carbocycles. The summed E-state index contributed by atoms with van der Waals surface area (Å²) >= 11 is 5.53. The van der Waals surface area contributed by atoms with E-state index in [1.807, 2.05) is 13.8 Å². The summed E-state index contributed by atoms with van der Waals surface area (Å²) in [7, 11) is 0. The number of nitrogens with zero attached hydrogens (tertiary/aromatic N) is 2. The van der Waals surface area contributed by atoms with Crippen molar-refractivity contribution in [3.63, 3.8) is 0 Å². The van der Waals surface area contributed by atoms with Gasteiger partial charge in [0.05, 0.1) is 6.61 Å². The lowest BCUT2D eigenvalue weighted by atomic mass is 10.2. The van der Waals surface area contributed by atoms with E-state index in [1.54, 1.807) is 6.07 Å². The van der Waals surface area contributed by atoms with E-state index in [9.17, 15) is 4.79 Å². The third-order valence-electron chi connectivity index (χ3n) is 1.41. The van der Waals surface area contributed by atoms with E-state index in [-0.39, 0.29) is 5.15 Å². The Labute approximate surface area is 92.8 Å². The van der Waals surface area contributed by atoms with Crippen LogP contribution in [0, 0.1) is 5.92 Å². The molecule has 0 aliphatic rings. The predicted octanol–water partition coefficient (Wildman–Crippen LogP) is 2.33. The van der Waals surface area contributed by atoms with Gasteiger partial charge in [0.2, 0.25) is 0 Å². The molecular weight excluding hydrogens is 218 g/mol. The van der Waals surface area contributed by atoms with Crippen LogP contribution in [0.3, 0.4) is 0 Å². The van der Waals surface area contributed by atoms with Crippen molar-refractivity contribution >= 4 is 23.5 Å². The summed E-state index contributed by atoms with van der Waals surface area (Å²) in [4.78, 5) is 11.2. The number of anilines is 1. The van der Waals surface area contributed by atoms with Gasteiger partial charge in [-0.15, -0.1) is 10.2 Å². The summed E-state index contributed by atoms with van der Waals surface area (Å²) in [5.41, 5.74) is 0. The zero-order valence-corrected chi connectivity index (χ0v) is 9.28. The molecule has 1 aromatic rings. The molecule has 1 N–H and O–H groups in total. The number of halogens is 1. The van der Waals surface area contributed by atoms with Gasteiger partial charge in [-0.2, -0.15) is 0 Å². The van der Waals surface area contributed by atoms with Crippen molar-refractivity contribution in [3.8, 4) is 0 Å². The summed E-state index contributed by atoms with van der Waals surface area (Å²) in [6, 6.07) is 3.08. The van der Waals surface area contributed by atoms with Crippen molar-refractivity contribution in [1.29, 1.82) is 0 Å². The quantitative estimate of drug-likeness (QED) is 0.864. The van der Waals surface area contributed by atoms with E-state index in [2.05, 4.69) is 15.5 Å². The average molecular weight is 230 g/mol. The minimum atomic E-state index is -0.541.